The molecule has 328 valence electrons. The molecule has 0 radical (unpaired) electrons. The fraction of sp³-hybridized carbons (Fsp3) is 0.870. The Morgan fingerprint density at radius 1 is 0.554 bits per heavy atom. The lowest BCUT2D eigenvalue weighted by Gasteiger charge is -2.39. The molecule has 0 aromatic rings. The van der Waals surface area contributed by atoms with Crippen LogP contribution in [0.1, 0.15) is 200 Å². The molecule has 0 aromatic carbocycles. The third-order valence-electron chi connectivity index (χ3n) is 10.6. The second-order valence-electron chi connectivity index (χ2n) is 15.9. The van der Waals surface area contributed by atoms with Gasteiger partial charge in [-0.1, -0.05) is 173 Å². The normalized spacial score (nSPS) is 20.6. The summed E-state index contributed by atoms with van der Waals surface area (Å²) in [7, 11) is 0. The molecule has 1 saturated heterocycles. The molecule has 1 aliphatic heterocycles. The maximum Gasteiger partial charge on any atom is 0.306 e. The summed E-state index contributed by atoms with van der Waals surface area (Å²) in [6.45, 7) is 3.40. The van der Waals surface area contributed by atoms with Gasteiger partial charge in [0, 0.05) is 12.8 Å². The van der Waals surface area contributed by atoms with Crippen molar-refractivity contribution in [2.45, 2.75) is 237 Å². The van der Waals surface area contributed by atoms with Crippen LogP contribution in [0.25, 0.3) is 0 Å². The minimum absolute atomic E-state index is 0.222. The Balaban J connectivity index is 2.33. The third-order valence-corrected chi connectivity index (χ3v) is 10.6. The molecule has 1 rings (SSSR count). The Morgan fingerprint density at radius 3 is 1.46 bits per heavy atom. The fourth-order valence-corrected chi connectivity index (χ4v) is 6.94. The van der Waals surface area contributed by atoms with Crippen molar-refractivity contribution in [1.29, 1.82) is 0 Å². The smallest absolute Gasteiger partial charge is 0.306 e. The van der Waals surface area contributed by atoms with Crippen molar-refractivity contribution in [2.75, 3.05) is 19.8 Å². The molecule has 2 unspecified atom stereocenters. The van der Waals surface area contributed by atoms with Gasteiger partial charge in [0.25, 0.3) is 0 Å². The van der Waals surface area contributed by atoms with Crippen LogP contribution in [0.3, 0.4) is 0 Å². The quantitative estimate of drug-likeness (QED) is 0.0270. The van der Waals surface area contributed by atoms with Gasteiger partial charge in [-0.25, -0.2) is 0 Å². The van der Waals surface area contributed by atoms with Gasteiger partial charge in [-0.05, 0) is 38.5 Å². The lowest BCUT2D eigenvalue weighted by molar-refractivity contribution is -0.305. The van der Waals surface area contributed by atoms with E-state index in [1.54, 1.807) is 0 Å². The Kier molecular flexibility index (Phi) is 34.9. The molecule has 0 spiro atoms. The number of rotatable bonds is 38. The van der Waals surface area contributed by atoms with Gasteiger partial charge in [0.1, 0.15) is 31.0 Å². The molecule has 0 aromatic heterocycles. The summed E-state index contributed by atoms with van der Waals surface area (Å²) in [4.78, 5) is 25.3. The molecule has 56 heavy (non-hydrogen) atoms. The van der Waals surface area contributed by atoms with Crippen molar-refractivity contribution in [3.8, 4) is 0 Å². The van der Waals surface area contributed by atoms with Crippen molar-refractivity contribution in [3.63, 3.8) is 0 Å². The first kappa shape index (κ1) is 52.2. The van der Waals surface area contributed by atoms with Gasteiger partial charge in [0.05, 0.1) is 13.2 Å². The topological polar surface area (TPSA) is 152 Å². The Morgan fingerprint density at radius 2 is 0.982 bits per heavy atom. The standard InChI is InChI=1S/C46H84O10/c1-3-5-7-9-11-13-15-17-19-21-23-25-27-29-31-33-35-42(49)55-39(38-54-46-45(52)44(51)43(50)40(36-47)56-46)37-53-41(48)34-32-30-28-26-24-22-20-18-16-14-12-10-8-6-4-2/h14,16,18,20,39-40,43-47,50-52H,3-13,15,17,19,21-38H2,1-2H3/b16-14+,20-18+/t39-,40-,43+,44?,45?,46-/m1/s1. The summed E-state index contributed by atoms with van der Waals surface area (Å²) in [6, 6.07) is 0. The van der Waals surface area contributed by atoms with E-state index in [9.17, 15) is 30.0 Å². The number of carbonyl (C=O) groups excluding carboxylic acids is 2. The number of aliphatic hydroxyl groups is 4. The Labute approximate surface area is 341 Å². The number of unbranched alkanes of at least 4 members (excludes halogenated alkanes) is 24. The van der Waals surface area contributed by atoms with Crippen molar-refractivity contribution in [1.82, 2.24) is 0 Å². The maximum absolute atomic E-state index is 12.8. The predicted octanol–water partition coefficient (Wildman–Crippen LogP) is 9.72. The molecule has 0 amide bonds. The number of hydrogen-bond acceptors (Lipinski definition) is 10. The van der Waals surface area contributed by atoms with Gasteiger partial charge in [-0.3, -0.25) is 9.59 Å². The first-order chi connectivity index (χ1) is 27.3. The Bertz CT molecular complexity index is 970. The van der Waals surface area contributed by atoms with Crippen LogP contribution in [-0.2, 0) is 28.5 Å². The number of hydrogen-bond donors (Lipinski definition) is 4. The average molecular weight is 797 g/mol. The predicted molar refractivity (Wildman–Crippen MR) is 224 cm³/mol. The van der Waals surface area contributed by atoms with E-state index in [0.717, 1.165) is 57.8 Å². The number of carbonyl (C=O) groups is 2. The van der Waals surface area contributed by atoms with Crippen LogP contribution in [0.15, 0.2) is 24.3 Å². The fourth-order valence-electron chi connectivity index (χ4n) is 6.94. The van der Waals surface area contributed by atoms with E-state index in [2.05, 4.69) is 38.2 Å². The van der Waals surface area contributed by atoms with E-state index in [-0.39, 0.29) is 32.0 Å². The van der Waals surface area contributed by atoms with Gasteiger partial charge in [-0.2, -0.15) is 0 Å². The molecule has 1 aliphatic rings. The van der Waals surface area contributed by atoms with E-state index in [0.29, 0.717) is 12.8 Å². The zero-order chi connectivity index (χ0) is 40.9. The molecule has 1 heterocycles. The van der Waals surface area contributed by atoms with Gasteiger partial charge >= 0.3 is 11.9 Å². The zero-order valence-corrected chi connectivity index (χ0v) is 35.6. The van der Waals surface area contributed by atoms with Crippen molar-refractivity contribution in [2.24, 2.45) is 0 Å². The molecule has 10 heteroatoms. The number of allylic oxidation sites excluding steroid dienone is 4. The molecule has 10 nitrogen and oxygen atoms in total. The van der Waals surface area contributed by atoms with Crippen LogP contribution >= 0.6 is 0 Å². The van der Waals surface area contributed by atoms with Crippen LogP contribution in [0.2, 0.25) is 0 Å². The molecular formula is C46H84O10. The largest absolute Gasteiger partial charge is 0.462 e. The summed E-state index contributed by atoms with van der Waals surface area (Å²) >= 11 is 0. The van der Waals surface area contributed by atoms with Gasteiger partial charge in [0.2, 0.25) is 0 Å². The molecule has 0 aliphatic carbocycles. The number of aliphatic hydroxyl groups excluding tert-OH is 4. The van der Waals surface area contributed by atoms with E-state index >= 15 is 0 Å². The average Bonchev–Trinajstić information content (AvgIpc) is 3.19. The van der Waals surface area contributed by atoms with Gasteiger partial charge in [-0.15, -0.1) is 0 Å². The minimum Gasteiger partial charge on any atom is -0.462 e. The van der Waals surface area contributed by atoms with E-state index in [1.165, 1.54) is 103 Å². The first-order valence-corrected chi connectivity index (χ1v) is 22.9. The van der Waals surface area contributed by atoms with Crippen LogP contribution in [0, 0.1) is 0 Å². The van der Waals surface area contributed by atoms with Crippen LogP contribution in [0.4, 0.5) is 0 Å². The highest BCUT2D eigenvalue weighted by molar-refractivity contribution is 5.70. The highest BCUT2D eigenvalue weighted by Crippen LogP contribution is 2.23. The van der Waals surface area contributed by atoms with E-state index < -0.39 is 49.4 Å². The summed E-state index contributed by atoms with van der Waals surface area (Å²) in [5, 5.41) is 40.1. The van der Waals surface area contributed by atoms with Crippen molar-refractivity contribution in [3.05, 3.63) is 24.3 Å². The van der Waals surface area contributed by atoms with Crippen molar-refractivity contribution < 1.29 is 49.0 Å². The minimum atomic E-state index is -1.59. The molecule has 0 bridgehead atoms. The lowest BCUT2D eigenvalue weighted by Crippen LogP contribution is -2.59. The first-order valence-electron chi connectivity index (χ1n) is 22.9. The maximum atomic E-state index is 12.8. The van der Waals surface area contributed by atoms with Crippen LogP contribution in [0.5, 0.6) is 0 Å². The van der Waals surface area contributed by atoms with Crippen LogP contribution < -0.4 is 0 Å². The lowest BCUT2D eigenvalue weighted by atomic mass is 9.99. The molecular weight excluding hydrogens is 712 g/mol. The second kappa shape index (κ2) is 37.5. The summed E-state index contributed by atoms with van der Waals surface area (Å²) in [5.74, 6) is -0.816. The van der Waals surface area contributed by atoms with E-state index in [1.807, 2.05) is 0 Å². The number of esters is 2. The third kappa shape index (κ3) is 28.6. The van der Waals surface area contributed by atoms with E-state index in [4.69, 9.17) is 18.9 Å². The Hall–Kier alpha value is -1.82. The van der Waals surface area contributed by atoms with Crippen LogP contribution in [-0.4, -0.2) is 89.0 Å². The SMILES string of the molecule is CCCCCC/C=C/C=C/CCCCCCCC(=O)OC[C@H](CO[C@@H]1O[C@H](CO)[C@H](O)C(O)C1O)OC(=O)CCCCCCCCCCCCCCCCCC. The molecule has 6 atom stereocenters. The van der Waals surface area contributed by atoms with Gasteiger partial charge in [0.15, 0.2) is 12.4 Å². The molecule has 1 fully saturated rings. The molecule has 4 N–H and O–H groups in total. The summed E-state index contributed by atoms with van der Waals surface area (Å²) in [5.41, 5.74) is 0. The van der Waals surface area contributed by atoms with Crippen molar-refractivity contribution >= 4 is 11.9 Å². The highest BCUT2D eigenvalue weighted by atomic mass is 16.7. The van der Waals surface area contributed by atoms with Gasteiger partial charge < -0.3 is 39.4 Å². The summed E-state index contributed by atoms with van der Waals surface area (Å²) < 4.78 is 22.2. The number of ether oxygens (including phenoxy) is 4. The monoisotopic (exact) mass is 797 g/mol. The molecule has 0 saturated carbocycles. The second-order valence-corrected chi connectivity index (χ2v) is 15.9. The highest BCUT2D eigenvalue weighted by Gasteiger charge is 2.44. The summed E-state index contributed by atoms with van der Waals surface area (Å²) in [6.07, 6.45) is 33.2. The zero-order valence-electron chi connectivity index (χ0n) is 35.6.